The summed E-state index contributed by atoms with van der Waals surface area (Å²) in [4.78, 5) is 46.9. The number of nitrogens with zero attached hydrogens (tertiary/aromatic N) is 4. The first kappa shape index (κ1) is 25.2. The van der Waals surface area contributed by atoms with Crippen molar-refractivity contribution < 1.29 is 24.0 Å². The van der Waals surface area contributed by atoms with E-state index in [0.29, 0.717) is 22.6 Å². The van der Waals surface area contributed by atoms with Gasteiger partial charge in [0.2, 0.25) is 0 Å². The molecule has 10 nitrogen and oxygen atoms in total. The standard InChI is InChI=1S/C27H22N4O6S/c1-36-21-8-4-18(5-9-21)15-37-27(33)24-22(19-10-12-28-13-11-19)16-38-26-23(25(32)30(24)26)29-14-17-2-6-20(7-3-17)31(34)35/h2-14,23,26H,15-16H2,1H3/t23-,26+/m1/s1. The number of nitro groups is 1. The number of carbonyl (C=O) groups is 2. The molecule has 2 aromatic carbocycles. The van der Waals surface area contributed by atoms with Crippen molar-refractivity contribution in [2.75, 3.05) is 12.9 Å². The number of esters is 1. The Balaban J connectivity index is 1.37. The number of β-lactam (4-membered cyclic amide) rings is 1. The summed E-state index contributed by atoms with van der Waals surface area (Å²) >= 11 is 1.51. The lowest BCUT2D eigenvalue weighted by molar-refractivity contribution is -0.384. The minimum Gasteiger partial charge on any atom is -0.497 e. The van der Waals surface area contributed by atoms with Crippen molar-refractivity contribution in [3.05, 3.63) is 106 Å². The minimum absolute atomic E-state index is 0.0255. The molecular weight excluding hydrogens is 508 g/mol. The number of aromatic nitrogens is 1. The van der Waals surface area contributed by atoms with E-state index in [4.69, 9.17) is 9.47 Å². The van der Waals surface area contributed by atoms with E-state index in [9.17, 15) is 19.7 Å². The molecule has 1 aromatic heterocycles. The van der Waals surface area contributed by atoms with Crippen molar-refractivity contribution >= 4 is 41.1 Å². The Kier molecular flexibility index (Phi) is 7.18. The summed E-state index contributed by atoms with van der Waals surface area (Å²) in [7, 11) is 1.58. The molecule has 2 atom stereocenters. The highest BCUT2D eigenvalue weighted by atomic mass is 32.2. The van der Waals surface area contributed by atoms with E-state index < -0.39 is 16.9 Å². The molecule has 1 fully saturated rings. The number of aliphatic imine (C=N–C) groups is 1. The molecule has 3 aromatic rings. The van der Waals surface area contributed by atoms with Crippen LogP contribution in [-0.2, 0) is 20.9 Å². The quantitative estimate of drug-likeness (QED) is 0.141. The smallest absolute Gasteiger partial charge is 0.355 e. The fourth-order valence-electron chi connectivity index (χ4n) is 4.15. The number of methoxy groups -OCH3 is 1. The minimum atomic E-state index is -0.682. The van der Waals surface area contributed by atoms with Gasteiger partial charge in [0.1, 0.15) is 23.4 Å². The molecule has 0 saturated carbocycles. The molecule has 1 saturated heterocycles. The Bertz CT molecular complexity index is 1420. The van der Waals surface area contributed by atoms with Gasteiger partial charge in [0.25, 0.3) is 11.6 Å². The lowest BCUT2D eigenvalue weighted by Gasteiger charge is -2.48. The number of hydrogen-bond donors (Lipinski definition) is 0. The van der Waals surface area contributed by atoms with Gasteiger partial charge < -0.3 is 9.47 Å². The molecule has 2 aliphatic heterocycles. The molecule has 0 spiro atoms. The Hall–Kier alpha value is -4.51. The monoisotopic (exact) mass is 530 g/mol. The number of fused-ring (bicyclic) bond motifs is 1. The number of non-ortho nitro benzene ring substituents is 1. The predicted molar refractivity (Wildman–Crippen MR) is 142 cm³/mol. The van der Waals surface area contributed by atoms with Gasteiger partial charge in [0.15, 0.2) is 6.04 Å². The second kappa shape index (κ2) is 10.9. The molecule has 0 aliphatic carbocycles. The Labute approximate surface area is 222 Å². The lowest BCUT2D eigenvalue weighted by Crippen LogP contribution is -2.64. The average molecular weight is 531 g/mol. The summed E-state index contributed by atoms with van der Waals surface area (Å²) in [6, 6.07) is 16.0. The number of carbonyl (C=O) groups excluding carboxylic acids is 2. The van der Waals surface area contributed by atoms with Crippen LogP contribution < -0.4 is 4.74 Å². The maximum atomic E-state index is 13.4. The van der Waals surface area contributed by atoms with Gasteiger partial charge in [-0.1, -0.05) is 12.1 Å². The molecule has 192 valence electrons. The molecule has 0 unspecified atom stereocenters. The lowest BCUT2D eigenvalue weighted by atomic mass is 9.99. The fourth-order valence-corrected chi connectivity index (χ4v) is 5.52. The predicted octanol–water partition coefficient (Wildman–Crippen LogP) is 3.86. The van der Waals surface area contributed by atoms with Gasteiger partial charge in [-0.2, -0.15) is 0 Å². The summed E-state index contributed by atoms with van der Waals surface area (Å²) in [6.45, 7) is 0.0392. The number of pyridine rings is 1. The van der Waals surface area contributed by atoms with E-state index >= 15 is 0 Å². The number of hydrogen-bond acceptors (Lipinski definition) is 9. The van der Waals surface area contributed by atoms with Crippen molar-refractivity contribution in [2.24, 2.45) is 4.99 Å². The summed E-state index contributed by atoms with van der Waals surface area (Å²) in [5.41, 5.74) is 3.08. The average Bonchev–Trinajstić information content (AvgIpc) is 2.96. The van der Waals surface area contributed by atoms with Gasteiger partial charge in [0, 0.05) is 42.1 Å². The van der Waals surface area contributed by atoms with Crippen molar-refractivity contribution in [3.8, 4) is 5.75 Å². The molecule has 0 bridgehead atoms. The van der Waals surface area contributed by atoms with Crippen molar-refractivity contribution in [2.45, 2.75) is 18.0 Å². The van der Waals surface area contributed by atoms with Crippen molar-refractivity contribution in [3.63, 3.8) is 0 Å². The first-order valence-electron chi connectivity index (χ1n) is 11.6. The topological polar surface area (TPSA) is 124 Å². The Morgan fingerprint density at radius 1 is 1.16 bits per heavy atom. The highest BCUT2D eigenvalue weighted by molar-refractivity contribution is 8.00. The molecule has 3 heterocycles. The molecule has 2 aliphatic rings. The molecule has 0 radical (unpaired) electrons. The number of nitro benzene ring substituents is 1. The van der Waals surface area contributed by atoms with E-state index in [0.717, 1.165) is 11.1 Å². The highest BCUT2D eigenvalue weighted by Crippen LogP contribution is 2.44. The SMILES string of the molecule is COc1ccc(COC(=O)C2=C(c3ccncc3)CS[C@H]3[C@H](N=Cc4ccc([N+](=O)[O-])cc4)C(=O)N23)cc1. The second-order valence-corrected chi connectivity index (χ2v) is 9.57. The zero-order valence-electron chi connectivity index (χ0n) is 20.2. The van der Waals surface area contributed by atoms with Crippen LogP contribution in [0, 0.1) is 10.1 Å². The van der Waals surface area contributed by atoms with Gasteiger partial charge in [-0.05, 0) is 53.1 Å². The molecule has 11 heteroatoms. The number of benzene rings is 2. The van der Waals surface area contributed by atoms with E-state index in [-0.39, 0.29) is 29.3 Å². The zero-order chi connectivity index (χ0) is 26.6. The van der Waals surface area contributed by atoms with Crippen molar-refractivity contribution in [1.82, 2.24) is 9.88 Å². The molecule has 38 heavy (non-hydrogen) atoms. The van der Waals surface area contributed by atoms with Gasteiger partial charge in [0.05, 0.1) is 12.0 Å². The van der Waals surface area contributed by atoms with Crippen LogP contribution in [0.4, 0.5) is 5.69 Å². The fraction of sp³-hybridized carbons (Fsp3) is 0.185. The first-order valence-corrected chi connectivity index (χ1v) is 12.7. The normalized spacial score (nSPS) is 18.7. The zero-order valence-corrected chi connectivity index (χ0v) is 21.0. The number of thioether (sulfide) groups is 1. The van der Waals surface area contributed by atoms with Crippen LogP contribution in [-0.4, -0.2) is 57.2 Å². The van der Waals surface area contributed by atoms with Crippen LogP contribution in [0.3, 0.4) is 0 Å². The Morgan fingerprint density at radius 3 is 2.53 bits per heavy atom. The third-order valence-corrected chi connectivity index (χ3v) is 7.44. The maximum absolute atomic E-state index is 13.4. The summed E-state index contributed by atoms with van der Waals surface area (Å²) in [5, 5.41) is 10.5. The number of ether oxygens (including phenoxy) is 2. The van der Waals surface area contributed by atoms with Crippen LogP contribution in [0.5, 0.6) is 5.75 Å². The third-order valence-electron chi connectivity index (χ3n) is 6.18. The van der Waals surface area contributed by atoms with Crippen molar-refractivity contribution in [1.29, 1.82) is 0 Å². The van der Waals surface area contributed by atoms with Crippen LogP contribution >= 0.6 is 11.8 Å². The first-order chi connectivity index (χ1) is 18.5. The largest absolute Gasteiger partial charge is 0.497 e. The number of amides is 1. The highest BCUT2D eigenvalue weighted by Gasteiger charge is 2.54. The summed E-state index contributed by atoms with van der Waals surface area (Å²) in [5.74, 6) is 0.267. The van der Waals surface area contributed by atoms with Crippen LogP contribution in [0.15, 0.2) is 83.7 Å². The van der Waals surface area contributed by atoms with Crippen LogP contribution in [0.1, 0.15) is 16.7 Å². The third kappa shape index (κ3) is 5.00. The van der Waals surface area contributed by atoms with E-state index in [1.165, 1.54) is 35.0 Å². The molecular formula is C27H22N4O6S. The summed E-state index contributed by atoms with van der Waals surface area (Å²) in [6.07, 6.45) is 4.79. The molecule has 0 N–H and O–H groups in total. The summed E-state index contributed by atoms with van der Waals surface area (Å²) < 4.78 is 10.8. The molecule has 5 rings (SSSR count). The van der Waals surface area contributed by atoms with Gasteiger partial charge in [-0.25, -0.2) is 4.79 Å². The number of rotatable bonds is 8. The van der Waals surface area contributed by atoms with Crippen LogP contribution in [0.25, 0.3) is 5.57 Å². The van der Waals surface area contributed by atoms with Gasteiger partial charge in [-0.3, -0.25) is 29.8 Å². The van der Waals surface area contributed by atoms with E-state index in [1.807, 2.05) is 12.1 Å². The molecule has 1 amide bonds. The Morgan fingerprint density at radius 2 is 1.87 bits per heavy atom. The van der Waals surface area contributed by atoms with Crippen LogP contribution in [0.2, 0.25) is 0 Å². The van der Waals surface area contributed by atoms with E-state index in [1.54, 1.807) is 55.9 Å². The maximum Gasteiger partial charge on any atom is 0.355 e. The van der Waals surface area contributed by atoms with Gasteiger partial charge in [-0.15, -0.1) is 11.8 Å². The van der Waals surface area contributed by atoms with E-state index in [2.05, 4.69) is 9.98 Å². The van der Waals surface area contributed by atoms with Gasteiger partial charge >= 0.3 is 5.97 Å². The second-order valence-electron chi connectivity index (χ2n) is 8.47.